The predicted molar refractivity (Wildman–Crippen MR) is 69.1 cm³/mol. The van der Waals surface area contributed by atoms with Gasteiger partial charge in [-0.05, 0) is 12.5 Å². The molecule has 0 aromatic carbocycles. The molecule has 0 atom stereocenters. The standard InChI is InChI=1S/C10H13F2N5S/c1-2-5-3-6-8(14-4-7(11)12)15-10(17-13)16-9(6)18-5/h3,7H,2,4,13H2,1H3,(H2,14,15,16,17). The molecule has 0 unspecified atom stereocenters. The van der Waals surface area contributed by atoms with Gasteiger partial charge in [0.1, 0.15) is 10.6 Å². The lowest BCUT2D eigenvalue weighted by Crippen LogP contribution is -2.14. The fourth-order valence-electron chi connectivity index (χ4n) is 1.52. The molecule has 4 N–H and O–H groups in total. The molecule has 0 saturated carbocycles. The first-order chi connectivity index (χ1) is 8.63. The van der Waals surface area contributed by atoms with Crippen molar-refractivity contribution < 1.29 is 8.78 Å². The minimum atomic E-state index is -2.44. The van der Waals surface area contributed by atoms with Crippen LogP contribution in [-0.2, 0) is 6.42 Å². The van der Waals surface area contributed by atoms with Gasteiger partial charge in [-0.15, -0.1) is 11.3 Å². The molecule has 0 radical (unpaired) electrons. The number of aromatic nitrogens is 2. The molecule has 18 heavy (non-hydrogen) atoms. The summed E-state index contributed by atoms with van der Waals surface area (Å²) in [6.07, 6.45) is -1.57. The Balaban J connectivity index is 2.43. The average Bonchev–Trinajstić information content (AvgIpc) is 2.78. The third-order valence-electron chi connectivity index (χ3n) is 2.35. The first-order valence-corrected chi connectivity index (χ1v) is 6.24. The van der Waals surface area contributed by atoms with Crippen molar-refractivity contribution >= 4 is 33.3 Å². The zero-order valence-corrected chi connectivity index (χ0v) is 10.5. The predicted octanol–water partition coefficient (Wildman–Crippen LogP) is 2.22. The summed E-state index contributed by atoms with van der Waals surface area (Å²) in [6.45, 7) is 1.57. The number of rotatable bonds is 5. The van der Waals surface area contributed by atoms with E-state index in [1.165, 1.54) is 11.3 Å². The van der Waals surface area contributed by atoms with E-state index in [4.69, 9.17) is 5.84 Å². The van der Waals surface area contributed by atoms with Gasteiger partial charge in [0.05, 0.1) is 11.9 Å². The molecule has 0 fully saturated rings. The Hall–Kier alpha value is -1.54. The Morgan fingerprint density at radius 1 is 1.44 bits per heavy atom. The van der Waals surface area contributed by atoms with E-state index in [0.29, 0.717) is 5.82 Å². The average molecular weight is 273 g/mol. The lowest BCUT2D eigenvalue weighted by molar-refractivity contribution is 0.163. The molecule has 0 saturated heterocycles. The highest BCUT2D eigenvalue weighted by Crippen LogP contribution is 2.30. The van der Waals surface area contributed by atoms with Gasteiger partial charge in [0, 0.05) is 4.88 Å². The molecule has 0 spiro atoms. The number of halogens is 2. The molecule has 0 aliphatic rings. The number of hydrogen-bond acceptors (Lipinski definition) is 6. The first kappa shape index (κ1) is 12.9. The van der Waals surface area contributed by atoms with Gasteiger partial charge in [0.15, 0.2) is 0 Å². The van der Waals surface area contributed by atoms with Crippen LogP contribution in [0, 0.1) is 0 Å². The van der Waals surface area contributed by atoms with E-state index in [2.05, 4.69) is 20.7 Å². The maximum Gasteiger partial charge on any atom is 0.255 e. The SMILES string of the molecule is CCc1cc2c(NCC(F)F)nc(NN)nc2s1. The van der Waals surface area contributed by atoms with Gasteiger partial charge in [-0.1, -0.05) is 6.92 Å². The third kappa shape index (κ3) is 2.65. The van der Waals surface area contributed by atoms with Gasteiger partial charge in [0.2, 0.25) is 5.95 Å². The lowest BCUT2D eigenvalue weighted by atomic mass is 10.3. The monoisotopic (exact) mass is 273 g/mol. The van der Waals surface area contributed by atoms with Crippen LogP contribution in [0.3, 0.4) is 0 Å². The molecule has 0 amide bonds. The first-order valence-electron chi connectivity index (χ1n) is 5.43. The van der Waals surface area contributed by atoms with E-state index in [1.54, 1.807) is 0 Å². The molecule has 98 valence electrons. The summed E-state index contributed by atoms with van der Waals surface area (Å²) in [6, 6.07) is 1.91. The van der Waals surface area contributed by atoms with Crippen molar-refractivity contribution in [3.05, 3.63) is 10.9 Å². The van der Waals surface area contributed by atoms with E-state index in [-0.39, 0.29) is 5.95 Å². The van der Waals surface area contributed by atoms with Gasteiger partial charge < -0.3 is 5.32 Å². The number of nitrogens with one attached hydrogen (secondary N) is 2. The lowest BCUT2D eigenvalue weighted by Gasteiger charge is -2.07. The van der Waals surface area contributed by atoms with E-state index in [1.807, 2.05) is 13.0 Å². The van der Waals surface area contributed by atoms with Crippen LogP contribution in [0.1, 0.15) is 11.8 Å². The van der Waals surface area contributed by atoms with Crippen molar-refractivity contribution in [2.24, 2.45) is 5.84 Å². The maximum absolute atomic E-state index is 12.2. The molecule has 2 rings (SSSR count). The summed E-state index contributed by atoms with van der Waals surface area (Å²) in [4.78, 5) is 10.1. The van der Waals surface area contributed by atoms with Crippen molar-refractivity contribution in [1.82, 2.24) is 9.97 Å². The second kappa shape index (κ2) is 5.40. The number of nitrogens with two attached hydrogens (primary N) is 1. The minimum Gasteiger partial charge on any atom is -0.364 e. The topological polar surface area (TPSA) is 75.9 Å². The summed E-state index contributed by atoms with van der Waals surface area (Å²) >= 11 is 1.50. The molecule has 2 heterocycles. The Morgan fingerprint density at radius 2 is 2.22 bits per heavy atom. The molecule has 0 bridgehead atoms. The van der Waals surface area contributed by atoms with Crippen molar-refractivity contribution in [3.8, 4) is 0 Å². The number of hydrogen-bond donors (Lipinski definition) is 3. The Morgan fingerprint density at radius 3 is 2.83 bits per heavy atom. The summed E-state index contributed by atoms with van der Waals surface area (Å²) in [7, 11) is 0. The van der Waals surface area contributed by atoms with Crippen LogP contribution in [0.25, 0.3) is 10.2 Å². The molecule has 5 nitrogen and oxygen atoms in total. The Labute approximate surface area is 106 Å². The summed E-state index contributed by atoms with van der Waals surface area (Å²) in [5.74, 6) is 5.85. The Bertz CT molecular complexity index is 542. The van der Waals surface area contributed by atoms with Crippen molar-refractivity contribution in [3.63, 3.8) is 0 Å². The molecular weight excluding hydrogens is 260 g/mol. The van der Waals surface area contributed by atoms with E-state index < -0.39 is 13.0 Å². The largest absolute Gasteiger partial charge is 0.364 e. The zero-order chi connectivity index (χ0) is 13.1. The highest BCUT2D eigenvalue weighted by molar-refractivity contribution is 7.18. The summed E-state index contributed by atoms with van der Waals surface area (Å²) < 4.78 is 24.5. The molecule has 0 aliphatic carbocycles. The van der Waals surface area contributed by atoms with Crippen LogP contribution in [-0.4, -0.2) is 22.9 Å². The fraction of sp³-hybridized carbons (Fsp3) is 0.400. The quantitative estimate of drug-likeness (QED) is 0.575. The van der Waals surface area contributed by atoms with Gasteiger partial charge in [0.25, 0.3) is 6.43 Å². The van der Waals surface area contributed by atoms with Crippen LogP contribution in [0.4, 0.5) is 20.5 Å². The van der Waals surface area contributed by atoms with Crippen LogP contribution >= 0.6 is 11.3 Å². The number of thiophene rings is 1. The number of alkyl halides is 2. The van der Waals surface area contributed by atoms with Gasteiger partial charge >= 0.3 is 0 Å². The third-order valence-corrected chi connectivity index (χ3v) is 3.52. The van der Waals surface area contributed by atoms with Gasteiger partial charge in [-0.3, -0.25) is 5.43 Å². The fourth-order valence-corrected chi connectivity index (χ4v) is 2.49. The Kier molecular flexibility index (Phi) is 3.87. The van der Waals surface area contributed by atoms with Crippen LogP contribution in [0.5, 0.6) is 0 Å². The number of nitrogens with zero attached hydrogens (tertiary/aromatic N) is 2. The van der Waals surface area contributed by atoms with Gasteiger partial charge in [-0.25, -0.2) is 19.6 Å². The normalized spacial score (nSPS) is 11.2. The second-order valence-electron chi connectivity index (χ2n) is 3.60. The molecule has 0 aliphatic heterocycles. The van der Waals surface area contributed by atoms with E-state index in [0.717, 1.165) is 21.5 Å². The minimum absolute atomic E-state index is 0.212. The summed E-state index contributed by atoms with van der Waals surface area (Å²) in [5.41, 5.74) is 2.33. The van der Waals surface area contributed by atoms with Crippen LogP contribution in [0.2, 0.25) is 0 Å². The number of hydrazine groups is 1. The van der Waals surface area contributed by atoms with Gasteiger partial charge in [-0.2, -0.15) is 4.98 Å². The number of anilines is 2. The molecule has 2 aromatic heterocycles. The molecule has 8 heteroatoms. The zero-order valence-electron chi connectivity index (χ0n) is 9.70. The highest BCUT2D eigenvalue weighted by Gasteiger charge is 2.12. The second-order valence-corrected chi connectivity index (χ2v) is 4.71. The number of nitrogen functional groups attached to an aromatic ring is 1. The number of aryl methyl sites for hydroxylation is 1. The van der Waals surface area contributed by atoms with Crippen LogP contribution in [0.15, 0.2) is 6.07 Å². The summed E-state index contributed by atoms with van der Waals surface area (Å²) in [5, 5.41) is 3.36. The highest BCUT2D eigenvalue weighted by atomic mass is 32.1. The van der Waals surface area contributed by atoms with Crippen LogP contribution < -0.4 is 16.6 Å². The van der Waals surface area contributed by atoms with E-state index >= 15 is 0 Å². The molecule has 2 aromatic rings. The maximum atomic E-state index is 12.2. The smallest absolute Gasteiger partial charge is 0.255 e. The van der Waals surface area contributed by atoms with E-state index in [9.17, 15) is 8.78 Å². The van der Waals surface area contributed by atoms with Crippen molar-refractivity contribution in [1.29, 1.82) is 0 Å². The van der Waals surface area contributed by atoms with Crippen molar-refractivity contribution in [2.75, 3.05) is 17.3 Å². The van der Waals surface area contributed by atoms with Crippen molar-refractivity contribution in [2.45, 2.75) is 19.8 Å². The molecular formula is C10H13F2N5S. The number of fused-ring (bicyclic) bond motifs is 1.